The van der Waals surface area contributed by atoms with Crippen LogP contribution >= 0.6 is 0 Å². The number of aromatic nitrogens is 2. The standard InChI is InChI=1S/C31H29N2O2/c1-3-7-28(8-4-1)23-34-30-15-11-26(12-16-30)21-32-19-20-33(25-32)22-27-13-17-31(18-14-27)35-24-29-9-5-2-6-10-29/h1-20,25H,21-24H2/q+1. The lowest BCUT2D eigenvalue weighted by atomic mass is 10.2. The van der Waals surface area contributed by atoms with Crippen molar-refractivity contribution in [3.8, 4) is 11.5 Å². The molecule has 4 aromatic carbocycles. The minimum absolute atomic E-state index is 0.581. The number of ether oxygens (including phenoxy) is 2. The first-order valence-corrected chi connectivity index (χ1v) is 11.9. The number of nitrogens with zero attached hydrogens (tertiary/aromatic N) is 2. The summed E-state index contributed by atoms with van der Waals surface area (Å²) in [4.78, 5) is 0. The zero-order valence-electron chi connectivity index (χ0n) is 19.7. The third kappa shape index (κ3) is 6.61. The summed E-state index contributed by atoms with van der Waals surface area (Å²) >= 11 is 0. The van der Waals surface area contributed by atoms with E-state index >= 15 is 0 Å². The van der Waals surface area contributed by atoms with Crippen LogP contribution in [0.15, 0.2) is 128 Å². The minimum atomic E-state index is 0.581. The summed E-state index contributed by atoms with van der Waals surface area (Å²) in [7, 11) is 0. The van der Waals surface area contributed by atoms with E-state index in [2.05, 4.69) is 76.4 Å². The van der Waals surface area contributed by atoms with Gasteiger partial charge in [0.1, 0.15) is 50.2 Å². The molecule has 0 fully saturated rings. The van der Waals surface area contributed by atoms with E-state index in [-0.39, 0.29) is 0 Å². The Balaban J connectivity index is 1.11. The largest absolute Gasteiger partial charge is 0.489 e. The SMILES string of the molecule is c1ccc(COc2ccc(Cn3cc[n+](Cc4ccc(OCc5ccccc5)cc4)c3)cc2)cc1. The van der Waals surface area contributed by atoms with Gasteiger partial charge in [-0.2, -0.15) is 0 Å². The molecule has 174 valence electrons. The Kier molecular flexibility index (Phi) is 7.20. The van der Waals surface area contributed by atoms with Crippen molar-refractivity contribution in [1.82, 2.24) is 4.57 Å². The molecule has 0 atom stereocenters. The number of rotatable bonds is 10. The van der Waals surface area contributed by atoms with Gasteiger partial charge in [-0.05, 0) is 46.5 Å². The monoisotopic (exact) mass is 461 g/mol. The molecule has 0 saturated carbocycles. The molecule has 0 amide bonds. The average Bonchev–Trinajstić information content (AvgIpc) is 3.35. The minimum Gasteiger partial charge on any atom is -0.489 e. The molecule has 4 heteroatoms. The van der Waals surface area contributed by atoms with Gasteiger partial charge in [-0.3, -0.25) is 0 Å². The second-order valence-electron chi connectivity index (χ2n) is 8.59. The molecule has 0 aliphatic carbocycles. The van der Waals surface area contributed by atoms with Gasteiger partial charge in [0.2, 0.25) is 6.33 Å². The van der Waals surface area contributed by atoms with E-state index in [0.717, 1.165) is 24.6 Å². The zero-order chi connectivity index (χ0) is 23.7. The van der Waals surface area contributed by atoms with Gasteiger partial charge in [-0.1, -0.05) is 84.9 Å². The first kappa shape index (κ1) is 22.5. The summed E-state index contributed by atoms with van der Waals surface area (Å²) in [6.45, 7) is 2.80. The molecular formula is C31H29N2O2+. The van der Waals surface area contributed by atoms with Crippen LogP contribution in [0.1, 0.15) is 22.3 Å². The van der Waals surface area contributed by atoms with Crippen LogP contribution in [0.5, 0.6) is 11.5 Å². The van der Waals surface area contributed by atoms with E-state index in [9.17, 15) is 0 Å². The highest BCUT2D eigenvalue weighted by molar-refractivity contribution is 5.29. The van der Waals surface area contributed by atoms with Gasteiger partial charge >= 0.3 is 0 Å². The van der Waals surface area contributed by atoms with Crippen molar-refractivity contribution in [3.05, 3.63) is 150 Å². The van der Waals surface area contributed by atoms with Gasteiger partial charge in [0.15, 0.2) is 0 Å². The van der Waals surface area contributed by atoms with Gasteiger partial charge in [-0.15, -0.1) is 0 Å². The molecule has 0 aliphatic heterocycles. The summed E-state index contributed by atoms with van der Waals surface area (Å²) in [6.07, 6.45) is 6.36. The molecule has 4 nitrogen and oxygen atoms in total. The summed E-state index contributed by atoms with van der Waals surface area (Å²) in [5, 5.41) is 0. The molecule has 5 rings (SSSR count). The second-order valence-corrected chi connectivity index (χ2v) is 8.59. The average molecular weight is 462 g/mol. The Morgan fingerprint density at radius 2 is 1.06 bits per heavy atom. The van der Waals surface area contributed by atoms with Crippen LogP contribution in [0.4, 0.5) is 0 Å². The van der Waals surface area contributed by atoms with Crippen molar-refractivity contribution < 1.29 is 14.0 Å². The molecule has 0 unspecified atom stereocenters. The number of imidazole rings is 1. The molecular weight excluding hydrogens is 432 g/mol. The molecule has 0 bridgehead atoms. The van der Waals surface area contributed by atoms with Gasteiger partial charge in [-0.25, -0.2) is 9.13 Å². The van der Waals surface area contributed by atoms with E-state index in [1.54, 1.807) is 0 Å². The quantitative estimate of drug-likeness (QED) is 0.238. The Bertz CT molecular complexity index is 1210. The molecule has 0 N–H and O–H groups in total. The summed E-state index contributed by atoms with van der Waals surface area (Å²) in [5.41, 5.74) is 4.81. The van der Waals surface area contributed by atoms with Crippen molar-refractivity contribution >= 4 is 0 Å². The lowest BCUT2D eigenvalue weighted by molar-refractivity contribution is -0.687. The molecule has 5 aromatic rings. The van der Waals surface area contributed by atoms with Crippen molar-refractivity contribution in [2.45, 2.75) is 26.3 Å². The van der Waals surface area contributed by atoms with Crippen LogP contribution in [0.3, 0.4) is 0 Å². The number of hydrogen-bond acceptors (Lipinski definition) is 2. The van der Waals surface area contributed by atoms with E-state index in [4.69, 9.17) is 9.47 Å². The molecule has 0 saturated heterocycles. The molecule has 0 aliphatic rings. The Hall–Kier alpha value is -4.31. The fraction of sp³-hybridized carbons (Fsp3) is 0.129. The Morgan fingerprint density at radius 1 is 0.543 bits per heavy atom. The third-order valence-corrected chi connectivity index (χ3v) is 5.82. The highest BCUT2D eigenvalue weighted by Gasteiger charge is 2.07. The zero-order valence-corrected chi connectivity index (χ0v) is 19.7. The first-order valence-electron chi connectivity index (χ1n) is 11.9. The number of hydrogen-bond donors (Lipinski definition) is 0. The van der Waals surface area contributed by atoms with Crippen LogP contribution < -0.4 is 14.0 Å². The maximum Gasteiger partial charge on any atom is 0.244 e. The van der Waals surface area contributed by atoms with Gasteiger partial charge in [0.25, 0.3) is 0 Å². The van der Waals surface area contributed by atoms with Crippen LogP contribution in [-0.2, 0) is 26.3 Å². The van der Waals surface area contributed by atoms with Crippen LogP contribution in [0.25, 0.3) is 0 Å². The summed E-state index contributed by atoms with van der Waals surface area (Å²) in [5.74, 6) is 1.77. The highest BCUT2D eigenvalue weighted by atomic mass is 16.5. The second kappa shape index (κ2) is 11.2. The fourth-order valence-corrected chi connectivity index (χ4v) is 3.91. The maximum absolute atomic E-state index is 5.89. The maximum atomic E-state index is 5.89. The van der Waals surface area contributed by atoms with Gasteiger partial charge in [0.05, 0.1) is 0 Å². The van der Waals surface area contributed by atoms with E-state index in [1.165, 1.54) is 22.3 Å². The topological polar surface area (TPSA) is 27.3 Å². The smallest absolute Gasteiger partial charge is 0.244 e. The van der Waals surface area contributed by atoms with Gasteiger partial charge < -0.3 is 9.47 Å². The molecule has 35 heavy (non-hydrogen) atoms. The third-order valence-electron chi connectivity index (χ3n) is 5.82. The van der Waals surface area contributed by atoms with Crippen molar-refractivity contribution in [3.63, 3.8) is 0 Å². The van der Waals surface area contributed by atoms with Crippen molar-refractivity contribution in [2.75, 3.05) is 0 Å². The Labute approximate surface area is 206 Å². The van der Waals surface area contributed by atoms with Gasteiger partial charge in [0, 0.05) is 0 Å². The fourth-order valence-electron chi connectivity index (χ4n) is 3.91. The predicted octanol–water partition coefficient (Wildman–Crippen LogP) is 6.03. The number of benzene rings is 4. The van der Waals surface area contributed by atoms with Crippen LogP contribution in [0, 0.1) is 0 Å². The summed E-state index contributed by atoms with van der Waals surface area (Å²) in [6, 6.07) is 37.1. The van der Waals surface area contributed by atoms with Crippen molar-refractivity contribution in [1.29, 1.82) is 0 Å². The normalized spacial score (nSPS) is 10.7. The lowest BCUT2D eigenvalue weighted by Crippen LogP contribution is -2.31. The molecule has 1 aromatic heterocycles. The van der Waals surface area contributed by atoms with E-state index in [0.29, 0.717) is 13.2 Å². The highest BCUT2D eigenvalue weighted by Crippen LogP contribution is 2.16. The lowest BCUT2D eigenvalue weighted by Gasteiger charge is -2.07. The summed E-state index contributed by atoms with van der Waals surface area (Å²) < 4.78 is 16.2. The predicted molar refractivity (Wildman–Crippen MR) is 137 cm³/mol. The molecule has 0 radical (unpaired) electrons. The molecule has 1 heterocycles. The first-order chi connectivity index (χ1) is 17.3. The van der Waals surface area contributed by atoms with E-state index in [1.807, 2.05) is 60.7 Å². The molecule has 0 spiro atoms. The van der Waals surface area contributed by atoms with Crippen molar-refractivity contribution in [2.24, 2.45) is 0 Å². The van der Waals surface area contributed by atoms with Crippen LogP contribution in [-0.4, -0.2) is 4.57 Å². The van der Waals surface area contributed by atoms with E-state index < -0.39 is 0 Å². The Morgan fingerprint density at radius 3 is 1.60 bits per heavy atom. The van der Waals surface area contributed by atoms with Crippen LogP contribution in [0.2, 0.25) is 0 Å².